The van der Waals surface area contributed by atoms with Crippen LogP contribution in [0.3, 0.4) is 0 Å². The standard InChI is InChI=1S/C25H18N4O3/c1-31-22-13-10-17(15-27-22)19-5-4-14-26-25(19)32-18-11-8-16(9-12-18)23(30)24-28-20-6-2-3-7-21(20)29-24/h2-15H,1H3,(H,28,29). The van der Waals surface area contributed by atoms with Crippen LogP contribution in [-0.4, -0.2) is 32.8 Å². The summed E-state index contributed by atoms with van der Waals surface area (Å²) < 4.78 is 11.1. The summed E-state index contributed by atoms with van der Waals surface area (Å²) in [5.74, 6) is 1.66. The minimum Gasteiger partial charge on any atom is -0.481 e. The molecule has 0 aliphatic rings. The maximum absolute atomic E-state index is 12.8. The van der Waals surface area contributed by atoms with Crippen molar-refractivity contribution in [3.63, 3.8) is 0 Å². The Hall–Kier alpha value is -4.52. The molecule has 0 aliphatic heterocycles. The van der Waals surface area contributed by atoms with Crippen LogP contribution in [-0.2, 0) is 0 Å². The second-order valence-electron chi connectivity index (χ2n) is 7.00. The first-order chi connectivity index (χ1) is 15.7. The minimum absolute atomic E-state index is 0.185. The van der Waals surface area contributed by atoms with Crippen LogP contribution in [0.4, 0.5) is 0 Å². The number of imidazole rings is 1. The maximum atomic E-state index is 12.8. The molecular weight excluding hydrogens is 404 g/mol. The summed E-state index contributed by atoms with van der Waals surface area (Å²) in [5.41, 5.74) is 3.74. The molecule has 0 aliphatic carbocycles. The van der Waals surface area contributed by atoms with E-state index in [-0.39, 0.29) is 5.78 Å². The number of nitrogens with one attached hydrogen (secondary N) is 1. The number of rotatable bonds is 6. The quantitative estimate of drug-likeness (QED) is 0.385. The zero-order chi connectivity index (χ0) is 21.9. The van der Waals surface area contributed by atoms with Gasteiger partial charge in [0, 0.05) is 35.2 Å². The van der Waals surface area contributed by atoms with Gasteiger partial charge in [0.25, 0.3) is 0 Å². The van der Waals surface area contributed by atoms with Gasteiger partial charge >= 0.3 is 0 Å². The van der Waals surface area contributed by atoms with Crippen LogP contribution in [0.15, 0.2) is 85.2 Å². The normalized spacial score (nSPS) is 10.8. The summed E-state index contributed by atoms with van der Waals surface area (Å²) in [6.07, 6.45) is 3.37. The molecule has 0 bridgehead atoms. The number of hydrogen-bond donors (Lipinski definition) is 1. The van der Waals surface area contributed by atoms with Gasteiger partial charge in [0.1, 0.15) is 5.75 Å². The number of H-pyrrole nitrogens is 1. The van der Waals surface area contributed by atoms with Crippen LogP contribution in [0.1, 0.15) is 16.2 Å². The predicted octanol–water partition coefficient (Wildman–Crippen LogP) is 5.05. The van der Waals surface area contributed by atoms with Gasteiger partial charge in [-0.2, -0.15) is 0 Å². The Morgan fingerprint density at radius 3 is 2.50 bits per heavy atom. The van der Waals surface area contributed by atoms with Crippen molar-refractivity contribution in [2.75, 3.05) is 7.11 Å². The summed E-state index contributed by atoms with van der Waals surface area (Å²) in [5, 5.41) is 0. The van der Waals surface area contributed by atoms with Gasteiger partial charge in [-0.25, -0.2) is 15.0 Å². The number of methoxy groups -OCH3 is 1. The van der Waals surface area contributed by atoms with Crippen LogP contribution in [0.5, 0.6) is 17.5 Å². The molecule has 3 aromatic heterocycles. The number of ether oxygens (including phenoxy) is 2. The van der Waals surface area contributed by atoms with Gasteiger partial charge in [0.15, 0.2) is 5.82 Å². The van der Waals surface area contributed by atoms with Gasteiger partial charge in [0.2, 0.25) is 17.5 Å². The van der Waals surface area contributed by atoms with E-state index < -0.39 is 0 Å². The van der Waals surface area contributed by atoms with Crippen molar-refractivity contribution in [1.82, 2.24) is 19.9 Å². The summed E-state index contributed by atoms with van der Waals surface area (Å²) in [4.78, 5) is 28.9. The van der Waals surface area contributed by atoms with Crippen molar-refractivity contribution >= 4 is 16.8 Å². The molecule has 5 aromatic rings. The molecule has 0 saturated heterocycles. The second kappa shape index (κ2) is 8.31. The Kier molecular flexibility index (Phi) is 5.05. The lowest BCUT2D eigenvalue weighted by molar-refractivity contribution is 0.103. The highest BCUT2D eigenvalue weighted by Crippen LogP contribution is 2.31. The van der Waals surface area contributed by atoms with E-state index in [0.717, 1.165) is 22.2 Å². The van der Waals surface area contributed by atoms with E-state index in [9.17, 15) is 4.79 Å². The number of ketones is 1. The number of aromatic nitrogens is 4. The first kappa shape index (κ1) is 19.4. The van der Waals surface area contributed by atoms with E-state index in [1.165, 1.54) is 0 Å². The predicted molar refractivity (Wildman–Crippen MR) is 120 cm³/mol. The molecule has 0 fully saturated rings. The number of aromatic amines is 1. The van der Waals surface area contributed by atoms with Crippen LogP contribution in [0.2, 0.25) is 0 Å². The molecule has 1 N–H and O–H groups in total. The van der Waals surface area contributed by atoms with Gasteiger partial charge in [0.05, 0.1) is 18.1 Å². The van der Waals surface area contributed by atoms with Crippen molar-refractivity contribution in [2.45, 2.75) is 0 Å². The first-order valence-electron chi connectivity index (χ1n) is 9.94. The number of fused-ring (bicyclic) bond motifs is 1. The molecule has 0 unspecified atom stereocenters. The lowest BCUT2D eigenvalue weighted by Gasteiger charge is -2.10. The van der Waals surface area contributed by atoms with Gasteiger partial charge < -0.3 is 14.5 Å². The molecule has 0 amide bonds. The molecule has 32 heavy (non-hydrogen) atoms. The van der Waals surface area contributed by atoms with Crippen molar-refractivity contribution in [3.8, 4) is 28.6 Å². The molecule has 156 valence electrons. The number of para-hydroxylation sites is 2. The summed E-state index contributed by atoms with van der Waals surface area (Å²) in [7, 11) is 1.57. The van der Waals surface area contributed by atoms with Gasteiger partial charge in [-0.1, -0.05) is 12.1 Å². The second-order valence-corrected chi connectivity index (χ2v) is 7.00. The smallest absolute Gasteiger partial charge is 0.228 e. The van der Waals surface area contributed by atoms with Crippen molar-refractivity contribution in [3.05, 3.63) is 96.6 Å². The third-order valence-corrected chi connectivity index (χ3v) is 4.96. The molecule has 5 rings (SSSR count). The molecule has 3 heterocycles. The topological polar surface area (TPSA) is 90.0 Å². The lowest BCUT2D eigenvalue weighted by Crippen LogP contribution is -2.03. The highest BCUT2D eigenvalue weighted by molar-refractivity contribution is 6.08. The number of carbonyl (C=O) groups excluding carboxylic acids is 1. The Bertz CT molecular complexity index is 1360. The Balaban J connectivity index is 1.37. The van der Waals surface area contributed by atoms with Gasteiger partial charge in [-0.3, -0.25) is 4.79 Å². The largest absolute Gasteiger partial charge is 0.481 e. The van der Waals surface area contributed by atoms with E-state index in [1.54, 1.807) is 49.8 Å². The molecule has 7 nitrogen and oxygen atoms in total. The Morgan fingerprint density at radius 1 is 0.906 bits per heavy atom. The summed E-state index contributed by atoms with van der Waals surface area (Å²) in [6.45, 7) is 0. The molecule has 0 radical (unpaired) electrons. The monoisotopic (exact) mass is 422 g/mol. The first-order valence-corrected chi connectivity index (χ1v) is 9.94. The van der Waals surface area contributed by atoms with Crippen LogP contribution >= 0.6 is 0 Å². The zero-order valence-corrected chi connectivity index (χ0v) is 17.1. The van der Waals surface area contributed by atoms with Crippen LogP contribution in [0, 0.1) is 0 Å². The van der Waals surface area contributed by atoms with E-state index in [1.807, 2.05) is 42.5 Å². The van der Waals surface area contributed by atoms with E-state index in [0.29, 0.717) is 28.9 Å². The fraction of sp³-hybridized carbons (Fsp3) is 0.0400. The Labute approximate surface area is 183 Å². The average molecular weight is 422 g/mol. The summed E-state index contributed by atoms with van der Waals surface area (Å²) in [6, 6.07) is 21.8. The highest BCUT2D eigenvalue weighted by atomic mass is 16.5. The molecule has 0 saturated carbocycles. The zero-order valence-electron chi connectivity index (χ0n) is 17.1. The van der Waals surface area contributed by atoms with Crippen molar-refractivity contribution in [1.29, 1.82) is 0 Å². The van der Waals surface area contributed by atoms with Crippen molar-refractivity contribution < 1.29 is 14.3 Å². The summed E-state index contributed by atoms with van der Waals surface area (Å²) >= 11 is 0. The van der Waals surface area contributed by atoms with Gasteiger partial charge in [-0.15, -0.1) is 0 Å². The molecule has 0 atom stereocenters. The SMILES string of the molecule is COc1ccc(-c2cccnc2Oc2ccc(C(=O)c3nc4ccccc4[nH]3)cc2)cn1. The number of pyridine rings is 2. The minimum atomic E-state index is -0.185. The lowest BCUT2D eigenvalue weighted by atomic mass is 10.1. The maximum Gasteiger partial charge on any atom is 0.228 e. The van der Waals surface area contributed by atoms with E-state index in [2.05, 4.69) is 19.9 Å². The fourth-order valence-electron chi connectivity index (χ4n) is 3.34. The third kappa shape index (κ3) is 3.79. The molecule has 0 spiro atoms. The van der Waals surface area contributed by atoms with Crippen LogP contribution in [0.25, 0.3) is 22.2 Å². The number of nitrogens with zero attached hydrogens (tertiary/aromatic N) is 3. The number of hydrogen-bond acceptors (Lipinski definition) is 6. The number of carbonyl (C=O) groups is 1. The van der Waals surface area contributed by atoms with Gasteiger partial charge in [-0.05, 0) is 54.6 Å². The van der Waals surface area contributed by atoms with Crippen molar-refractivity contribution in [2.24, 2.45) is 0 Å². The number of benzene rings is 2. The molecule has 2 aromatic carbocycles. The van der Waals surface area contributed by atoms with E-state index >= 15 is 0 Å². The third-order valence-electron chi connectivity index (χ3n) is 4.96. The average Bonchev–Trinajstić information content (AvgIpc) is 3.29. The molecule has 7 heteroatoms. The molecular formula is C25H18N4O3. The van der Waals surface area contributed by atoms with Crippen LogP contribution < -0.4 is 9.47 Å². The Morgan fingerprint density at radius 2 is 1.75 bits per heavy atom. The highest BCUT2D eigenvalue weighted by Gasteiger charge is 2.15. The fourth-order valence-corrected chi connectivity index (χ4v) is 3.34. The van der Waals surface area contributed by atoms with E-state index in [4.69, 9.17) is 9.47 Å².